The van der Waals surface area contributed by atoms with E-state index in [-0.39, 0.29) is 42.7 Å². The molecule has 1 aromatic carbocycles. The molecule has 7 nitrogen and oxygen atoms in total. The third kappa shape index (κ3) is 11.6. The maximum absolute atomic E-state index is 12.9. The van der Waals surface area contributed by atoms with E-state index < -0.39 is 6.10 Å². The van der Waals surface area contributed by atoms with Gasteiger partial charge in [0.2, 0.25) is 0 Å². The van der Waals surface area contributed by atoms with Crippen molar-refractivity contribution in [3.8, 4) is 5.75 Å². The molecule has 2 rings (SSSR count). The average molecular weight is 523 g/mol. The number of benzene rings is 1. The third-order valence-corrected chi connectivity index (χ3v) is 6.31. The van der Waals surface area contributed by atoms with Crippen LogP contribution in [0.15, 0.2) is 24.3 Å². The summed E-state index contributed by atoms with van der Waals surface area (Å²) >= 11 is 0. The van der Waals surface area contributed by atoms with Crippen molar-refractivity contribution in [2.75, 3.05) is 46.5 Å². The standard InChI is InChI=1S/C25H43N3O4.2ClH/c1-19(2)20(16-22(26)23(29)18-28-12-7-4-8-13-28)17-27-25(30)21-10-5-6-11-24(21)32-15-9-14-31-3;;/h5-6,10-11,19-20,22-23,29H,4,7-9,12-18,26H2,1-3H3,(H,27,30);2*1H. The molecule has 3 atom stereocenters. The minimum absolute atomic E-state index is 0. The van der Waals surface area contributed by atoms with Crippen molar-refractivity contribution in [2.24, 2.45) is 17.6 Å². The number of β-amino-alcohol motifs (C(OH)–C–C–N with tert-alkyl or cyclic N) is 1. The van der Waals surface area contributed by atoms with Crippen LogP contribution in [-0.2, 0) is 4.74 Å². The van der Waals surface area contributed by atoms with E-state index in [4.69, 9.17) is 15.2 Å². The molecule has 0 saturated carbocycles. The van der Waals surface area contributed by atoms with E-state index in [1.807, 2.05) is 18.2 Å². The summed E-state index contributed by atoms with van der Waals surface area (Å²) in [7, 11) is 1.66. The van der Waals surface area contributed by atoms with Gasteiger partial charge in [-0.05, 0) is 56.3 Å². The quantitative estimate of drug-likeness (QED) is 0.324. The van der Waals surface area contributed by atoms with Gasteiger partial charge in [0.1, 0.15) is 5.75 Å². The zero-order valence-electron chi connectivity index (χ0n) is 20.9. The van der Waals surface area contributed by atoms with Gasteiger partial charge in [0, 0.05) is 39.3 Å². The molecule has 1 aliphatic heterocycles. The number of amides is 1. The number of nitrogens with one attached hydrogen (secondary N) is 1. The van der Waals surface area contributed by atoms with E-state index in [1.165, 1.54) is 19.3 Å². The molecule has 9 heteroatoms. The molecular weight excluding hydrogens is 477 g/mol. The number of carbonyl (C=O) groups is 1. The second kappa shape index (κ2) is 18.2. The first kappa shape index (κ1) is 32.9. The molecule has 34 heavy (non-hydrogen) atoms. The van der Waals surface area contributed by atoms with Crippen LogP contribution in [-0.4, -0.2) is 74.6 Å². The van der Waals surface area contributed by atoms with Crippen LogP contribution >= 0.6 is 24.8 Å². The van der Waals surface area contributed by atoms with Crippen LogP contribution in [0.2, 0.25) is 0 Å². The molecule has 0 spiro atoms. The smallest absolute Gasteiger partial charge is 0.255 e. The third-order valence-electron chi connectivity index (χ3n) is 6.31. The van der Waals surface area contributed by atoms with Crippen LogP contribution in [0.1, 0.15) is 56.3 Å². The summed E-state index contributed by atoms with van der Waals surface area (Å²) in [6, 6.07) is 6.98. The predicted octanol–water partition coefficient (Wildman–Crippen LogP) is 3.51. The lowest BCUT2D eigenvalue weighted by molar-refractivity contribution is 0.0716. The Morgan fingerprint density at radius 3 is 2.47 bits per heavy atom. The molecule has 1 aliphatic rings. The number of methoxy groups -OCH3 is 1. The summed E-state index contributed by atoms with van der Waals surface area (Å²) in [5, 5.41) is 13.7. The van der Waals surface area contributed by atoms with E-state index in [9.17, 15) is 9.90 Å². The molecule has 1 heterocycles. The van der Waals surface area contributed by atoms with Crippen LogP contribution in [0.3, 0.4) is 0 Å². The molecule has 4 N–H and O–H groups in total. The Labute approximate surface area is 217 Å². The van der Waals surface area contributed by atoms with Crippen molar-refractivity contribution in [1.82, 2.24) is 10.2 Å². The van der Waals surface area contributed by atoms with E-state index in [0.717, 1.165) is 19.5 Å². The first-order chi connectivity index (χ1) is 15.4. The number of halogens is 2. The number of nitrogens with zero attached hydrogens (tertiary/aromatic N) is 1. The van der Waals surface area contributed by atoms with E-state index in [1.54, 1.807) is 13.2 Å². The summed E-state index contributed by atoms with van der Waals surface area (Å²) in [5.74, 6) is 0.945. The molecule has 1 saturated heterocycles. The lowest BCUT2D eigenvalue weighted by Gasteiger charge is -2.32. The Bertz CT molecular complexity index is 675. The number of aliphatic hydroxyl groups is 1. The molecule has 198 valence electrons. The highest BCUT2D eigenvalue weighted by Crippen LogP contribution is 2.21. The van der Waals surface area contributed by atoms with E-state index >= 15 is 0 Å². The molecule has 1 fully saturated rings. The number of hydrogen-bond acceptors (Lipinski definition) is 6. The van der Waals surface area contributed by atoms with Crippen LogP contribution in [0.25, 0.3) is 0 Å². The van der Waals surface area contributed by atoms with Gasteiger partial charge < -0.3 is 30.5 Å². The molecule has 1 amide bonds. The topological polar surface area (TPSA) is 97.0 Å². The maximum atomic E-state index is 12.9. The maximum Gasteiger partial charge on any atom is 0.255 e. The highest BCUT2D eigenvalue weighted by atomic mass is 35.5. The average Bonchev–Trinajstić information content (AvgIpc) is 2.79. The number of aliphatic hydroxyl groups excluding tert-OH is 1. The number of ether oxygens (including phenoxy) is 2. The Kier molecular flexibility index (Phi) is 17.6. The normalized spacial score (nSPS) is 16.6. The first-order valence-electron chi connectivity index (χ1n) is 12.1. The fraction of sp³-hybridized carbons (Fsp3) is 0.720. The Morgan fingerprint density at radius 2 is 1.82 bits per heavy atom. The van der Waals surface area contributed by atoms with Gasteiger partial charge in [0.15, 0.2) is 0 Å². The van der Waals surface area contributed by atoms with Gasteiger partial charge >= 0.3 is 0 Å². The number of nitrogens with two attached hydrogens (primary N) is 1. The summed E-state index contributed by atoms with van der Waals surface area (Å²) < 4.78 is 10.8. The zero-order chi connectivity index (χ0) is 23.3. The van der Waals surface area contributed by atoms with Gasteiger partial charge in [-0.2, -0.15) is 0 Å². The lowest BCUT2D eigenvalue weighted by Crippen LogP contribution is -2.47. The Hall–Kier alpha value is -1.09. The van der Waals surface area contributed by atoms with E-state index in [0.29, 0.717) is 50.0 Å². The van der Waals surface area contributed by atoms with Crippen molar-refractivity contribution in [2.45, 2.75) is 58.1 Å². The van der Waals surface area contributed by atoms with Crippen molar-refractivity contribution >= 4 is 30.7 Å². The highest BCUT2D eigenvalue weighted by Gasteiger charge is 2.25. The second-order valence-electron chi connectivity index (χ2n) is 9.23. The van der Waals surface area contributed by atoms with Gasteiger partial charge in [-0.25, -0.2) is 0 Å². The molecule has 0 radical (unpaired) electrons. The predicted molar refractivity (Wildman–Crippen MR) is 142 cm³/mol. The monoisotopic (exact) mass is 521 g/mol. The number of piperidine rings is 1. The van der Waals surface area contributed by atoms with Gasteiger partial charge in [-0.1, -0.05) is 32.4 Å². The first-order valence-corrected chi connectivity index (χ1v) is 12.1. The van der Waals surface area contributed by atoms with Crippen LogP contribution in [0.5, 0.6) is 5.75 Å². The van der Waals surface area contributed by atoms with Crippen molar-refractivity contribution in [3.05, 3.63) is 29.8 Å². The van der Waals surface area contributed by atoms with Crippen LogP contribution in [0.4, 0.5) is 0 Å². The zero-order valence-corrected chi connectivity index (χ0v) is 22.5. The van der Waals surface area contributed by atoms with Crippen LogP contribution in [0, 0.1) is 11.8 Å². The number of para-hydroxylation sites is 1. The molecule has 1 aromatic rings. The molecule has 0 aliphatic carbocycles. The van der Waals surface area contributed by atoms with Crippen molar-refractivity contribution in [3.63, 3.8) is 0 Å². The fourth-order valence-electron chi connectivity index (χ4n) is 4.12. The minimum Gasteiger partial charge on any atom is -0.493 e. The number of carbonyl (C=O) groups excluding carboxylic acids is 1. The Balaban J connectivity index is 0.00000544. The van der Waals surface area contributed by atoms with Gasteiger partial charge in [-0.3, -0.25) is 4.79 Å². The number of likely N-dealkylation sites (tertiary alicyclic amines) is 1. The Morgan fingerprint density at radius 1 is 1.15 bits per heavy atom. The van der Waals surface area contributed by atoms with Gasteiger partial charge in [0.25, 0.3) is 5.91 Å². The van der Waals surface area contributed by atoms with Gasteiger partial charge in [0.05, 0.1) is 18.3 Å². The molecular formula is C25H45Cl2N3O4. The summed E-state index contributed by atoms with van der Waals surface area (Å²) in [6.45, 7) is 8.61. The second-order valence-corrected chi connectivity index (χ2v) is 9.23. The molecule has 0 aromatic heterocycles. The SMILES string of the molecule is COCCCOc1ccccc1C(=O)NCC(CC(N)C(O)CN1CCCCC1)C(C)C.Cl.Cl. The van der Waals surface area contributed by atoms with Gasteiger partial charge in [-0.15, -0.1) is 24.8 Å². The van der Waals surface area contributed by atoms with Crippen LogP contribution < -0.4 is 15.8 Å². The summed E-state index contributed by atoms with van der Waals surface area (Å²) in [5.41, 5.74) is 6.90. The summed E-state index contributed by atoms with van der Waals surface area (Å²) in [4.78, 5) is 15.2. The fourth-order valence-corrected chi connectivity index (χ4v) is 4.12. The largest absolute Gasteiger partial charge is 0.493 e. The highest BCUT2D eigenvalue weighted by molar-refractivity contribution is 5.96. The van der Waals surface area contributed by atoms with Crippen molar-refractivity contribution < 1.29 is 19.4 Å². The number of rotatable bonds is 14. The molecule has 3 unspecified atom stereocenters. The van der Waals surface area contributed by atoms with Crippen molar-refractivity contribution in [1.29, 1.82) is 0 Å². The summed E-state index contributed by atoms with van der Waals surface area (Å²) in [6.07, 6.45) is 4.54. The van der Waals surface area contributed by atoms with E-state index in [2.05, 4.69) is 24.1 Å². The number of hydrogen-bond donors (Lipinski definition) is 3. The molecule has 0 bridgehead atoms. The minimum atomic E-state index is -0.550. The lowest BCUT2D eigenvalue weighted by atomic mass is 9.87.